The quantitative estimate of drug-likeness (QED) is 0.397. The summed E-state index contributed by atoms with van der Waals surface area (Å²) in [6, 6.07) is 20.0. The Balaban J connectivity index is 1.48. The molecule has 0 fully saturated rings. The highest BCUT2D eigenvalue weighted by Gasteiger charge is 2.19. The van der Waals surface area contributed by atoms with Crippen molar-refractivity contribution in [2.75, 3.05) is 5.32 Å². The zero-order valence-electron chi connectivity index (χ0n) is 19.3. The first-order valence-electron chi connectivity index (χ1n) is 11.2. The molecule has 5 rings (SSSR count). The Bertz CT molecular complexity index is 1450. The molecule has 34 heavy (non-hydrogen) atoms. The van der Waals surface area contributed by atoms with Crippen molar-refractivity contribution in [3.05, 3.63) is 89.9 Å². The normalized spacial score (nSPS) is 11.3. The zero-order valence-corrected chi connectivity index (χ0v) is 19.3. The Kier molecular flexibility index (Phi) is 5.63. The van der Waals surface area contributed by atoms with Crippen molar-refractivity contribution in [2.45, 2.75) is 33.4 Å². The minimum atomic E-state index is -0.304. The van der Waals surface area contributed by atoms with Gasteiger partial charge in [0.25, 0.3) is 5.91 Å². The van der Waals surface area contributed by atoms with E-state index in [1.54, 1.807) is 23.3 Å². The van der Waals surface area contributed by atoms with E-state index in [1.165, 1.54) is 0 Å². The Morgan fingerprint density at radius 2 is 1.82 bits per heavy atom. The SMILES string of the molecule is Cc1ccc(-c2cc(C(=O)Nc3ncn(Cc4ccccc4)n3)c3cnn(C(C)C)c3n2)cc1. The Labute approximate surface area is 197 Å². The average molecular weight is 452 g/mol. The van der Waals surface area contributed by atoms with Crippen molar-refractivity contribution in [2.24, 2.45) is 0 Å². The second-order valence-corrected chi connectivity index (χ2v) is 8.55. The van der Waals surface area contributed by atoms with Gasteiger partial charge in [-0.3, -0.25) is 10.1 Å². The molecule has 3 aromatic heterocycles. The molecule has 0 aliphatic carbocycles. The average Bonchev–Trinajstić information content (AvgIpc) is 3.46. The summed E-state index contributed by atoms with van der Waals surface area (Å²) in [5.41, 5.74) is 5.05. The van der Waals surface area contributed by atoms with Crippen molar-refractivity contribution < 1.29 is 4.79 Å². The van der Waals surface area contributed by atoms with Crippen molar-refractivity contribution >= 4 is 22.9 Å². The maximum absolute atomic E-state index is 13.3. The van der Waals surface area contributed by atoms with Crippen LogP contribution in [0.15, 0.2) is 73.2 Å². The highest BCUT2D eigenvalue weighted by atomic mass is 16.1. The number of rotatable bonds is 6. The minimum Gasteiger partial charge on any atom is -0.289 e. The molecule has 1 amide bonds. The first-order valence-corrected chi connectivity index (χ1v) is 11.2. The zero-order chi connectivity index (χ0) is 23.7. The lowest BCUT2D eigenvalue weighted by atomic mass is 10.1. The van der Waals surface area contributed by atoms with Crippen molar-refractivity contribution in [1.29, 1.82) is 0 Å². The number of carbonyl (C=O) groups excluding carboxylic acids is 1. The van der Waals surface area contributed by atoms with E-state index in [9.17, 15) is 4.79 Å². The van der Waals surface area contributed by atoms with Crippen LogP contribution in [0.4, 0.5) is 5.95 Å². The van der Waals surface area contributed by atoms with Gasteiger partial charge in [0.05, 0.1) is 29.4 Å². The fraction of sp³-hybridized carbons (Fsp3) is 0.192. The number of amides is 1. The maximum Gasteiger partial charge on any atom is 0.258 e. The van der Waals surface area contributed by atoms with Crippen LogP contribution in [0, 0.1) is 6.92 Å². The highest BCUT2D eigenvalue weighted by Crippen LogP contribution is 2.27. The molecule has 0 atom stereocenters. The smallest absolute Gasteiger partial charge is 0.258 e. The van der Waals surface area contributed by atoms with E-state index < -0.39 is 0 Å². The van der Waals surface area contributed by atoms with E-state index >= 15 is 0 Å². The molecule has 0 aliphatic rings. The fourth-order valence-corrected chi connectivity index (χ4v) is 3.82. The molecule has 0 saturated heterocycles. The van der Waals surface area contributed by atoms with Crippen LogP contribution in [-0.2, 0) is 6.54 Å². The number of hydrogen-bond acceptors (Lipinski definition) is 5. The van der Waals surface area contributed by atoms with Crippen LogP contribution < -0.4 is 5.32 Å². The predicted octanol–water partition coefficient (Wildman–Crippen LogP) is 4.88. The number of aryl methyl sites for hydroxylation is 1. The number of hydrogen-bond donors (Lipinski definition) is 1. The number of pyridine rings is 1. The minimum absolute atomic E-state index is 0.101. The Hall–Kier alpha value is -4.33. The molecular weight excluding hydrogens is 426 g/mol. The summed E-state index contributed by atoms with van der Waals surface area (Å²) in [5.74, 6) is -0.0550. The monoisotopic (exact) mass is 451 g/mol. The molecule has 0 unspecified atom stereocenters. The van der Waals surface area contributed by atoms with Gasteiger partial charge in [-0.1, -0.05) is 60.2 Å². The molecular formula is C26H25N7O. The summed E-state index contributed by atoms with van der Waals surface area (Å²) in [4.78, 5) is 22.5. The summed E-state index contributed by atoms with van der Waals surface area (Å²) < 4.78 is 3.53. The molecule has 0 radical (unpaired) electrons. The maximum atomic E-state index is 13.3. The number of nitrogens with zero attached hydrogens (tertiary/aromatic N) is 6. The number of fused-ring (bicyclic) bond motifs is 1. The van der Waals surface area contributed by atoms with Gasteiger partial charge in [0.1, 0.15) is 6.33 Å². The third kappa shape index (κ3) is 4.30. The molecule has 0 saturated carbocycles. The van der Waals surface area contributed by atoms with Gasteiger partial charge in [0, 0.05) is 11.6 Å². The topological polar surface area (TPSA) is 90.5 Å². The van der Waals surface area contributed by atoms with Gasteiger partial charge in [0.15, 0.2) is 5.65 Å². The number of carbonyl (C=O) groups is 1. The third-order valence-electron chi connectivity index (χ3n) is 5.60. The van der Waals surface area contributed by atoms with E-state index in [2.05, 4.69) is 20.5 Å². The lowest BCUT2D eigenvalue weighted by molar-refractivity contribution is 0.102. The van der Waals surface area contributed by atoms with Crippen LogP contribution in [0.1, 0.15) is 41.4 Å². The van der Waals surface area contributed by atoms with Crippen LogP contribution in [0.3, 0.4) is 0 Å². The molecule has 0 spiro atoms. The molecule has 5 aromatic rings. The van der Waals surface area contributed by atoms with Crippen molar-refractivity contribution in [3.63, 3.8) is 0 Å². The number of nitrogens with one attached hydrogen (secondary N) is 1. The van der Waals surface area contributed by atoms with Crippen LogP contribution in [0.25, 0.3) is 22.3 Å². The van der Waals surface area contributed by atoms with Crippen LogP contribution in [0.2, 0.25) is 0 Å². The number of aromatic nitrogens is 6. The fourth-order valence-electron chi connectivity index (χ4n) is 3.82. The van der Waals surface area contributed by atoms with Gasteiger partial charge >= 0.3 is 0 Å². The van der Waals surface area contributed by atoms with E-state index in [0.29, 0.717) is 28.8 Å². The highest BCUT2D eigenvalue weighted by molar-refractivity contribution is 6.12. The van der Waals surface area contributed by atoms with Crippen molar-refractivity contribution in [1.82, 2.24) is 29.5 Å². The first-order chi connectivity index (χ1) is 16.5. The van der Waals surface area contributed by atoms with Gasteiger partial charge in [0.2, 0.25) is 5.95 Å². The van der Waals surface area contributed by atoms with Crippen LogP contribution in [-0.4, -0.2) is 35.4 Å². The molecule has 0 aliphatic heterocycles. The van der Waals surface area contributed by atoms with Gasteiger partial charge in [-0.2, -0.15) is 5.10 Å². The third-order valence-corrected chi connectivity index (χ3v) is 5.60. The van der Waals surface area contributed by atoms with Crippen LogP contribution >= 0.6 is 0 Å². The van der Waals surface area contributed by atoms with Gasteiger partial charge in [-0.15, -0.1) is 5.10 Å². The molecule has 1 N–H and O–H groups in total. The lowest BCUT2D eigenvalue weighted by Gasteiger charge is -2.10. The van der Waals surface area contributed by atoms with Crippen molar-refractivity contribution in [3.8, 4) is 11.3 Å². The predicted molar refractivity (Wildman–Crippen MR) is 132 cm³/mol. The summed E-state index contributed by atoms with van der Waals surface area (Å²) >= 11 is 0. The summed E-state index contributed by atoms with van der Waals surface area (Å²) in [5, 5.41) is 12.4. The summed E-state index contributed by atoms with van der Waals surface area (Å²) in [7, 11) is 0. The molecule has 8 nitrogen and oxygen atoms in total. The molecule has 0 bridgehead atoms. The first kappa shape index (κ1) is 21.5. The Morgan fingerprint density at radius 3 is 2.56 bits per heavy atom. The van der Waals surface area contributed by atoms with Crippen LogP contribution in [0.5, 0.6) is 0 Å². The van der Waals surface area contributed by atoms with Gasteiger partial charge in [-0.05, 0) is 32.4 Å². The van der Waals surface area contributed by atoms with Gasteiger partial charge < -0.3 is 0 Å². The molecule has 8 heteroatoms. The van der Waals surface area contributed by atoms with Gasteiger partial charge in [-0.25, -0.2) is 19.3 Å². The summed E-state index contributed by atoms with van der Waals surface area (Å²) in [6.07, 6.45) is 3.30. The summed E-state index contributed by atoms with van der Waals surface area (Å²) in [6.45, 7) is 6.68. The van der Waals surface area contributed by atoms with E-state index in [1.807, 2.05) is 80.1 Å². The number of benzene rings is 2. The lowest BCUT2D eigenvalue weighted by Crippen LogP contribution is -2.15. The largest absolute Gasteiger partial charge is 0.289 e. The van der Waals surface area contributed by atoms with E-state index in [0.717, 1.165) is 16.7 Å². The molecule has 3 heterocycles. The standard InChI is InChI=1S/C26H25N7O/c1-17(2)33-24-22(14-28-33)21(13-23(29-24)20-11-9-18(3)10-12-20)25(34)30-26-27-16-32(31-26)15-19-7-5-4-6-8-19/h4-14,16-17H,15H2,1-3H3,(H,30,31,34). The molecule has 2 aromatic carbocycles. The molecule has 170 valence electrons. The number of anilines is 1. The second-order valence-electron chi connectivity index (χ2n) is 8.55. The Morgan fingerprint density at radius 1 is 1.06 bits per heavy atom. The van der Waals surface area contributed by atoms with E-state index in [4.69, 9.17) is 4.98 Å². The second kappa shape index (κ2) is 8.90. The van der Waals surface area contributed by atoms with E-state index in [-0.39, 0.29) is 17.9 Å².